The number of aryl methyl sites for hydroxylation is 1. The predicted molar refractivity (Wildman–Crippen MR) is 83.1 cm³/mol. The van der Waals surface area contributed by atoms with Gasteiger partial charge in [-0.3, -0.25) is 0 Å². The smallest absolute Gasteiger partial charge is 0.218 e. The Kier molecular flexibility index (Phi) is 5.18. The lowest BCUT2D eigenvalue weighted by Gasteiger charge is -2.32. The molecule has 0 heterocycles. The summed E-state index contributed by atoms with van der Waals surface area (Å²) in [6.45, 7) is 1.21. The Morgan fingerprint density at radius 1 is 0.960 bits per heavy atom. The van der Waals surface area contributed by atoms with E-state index in [2.05, 4.69) is 22.0 Å². The molecule has 9 heteroatoms. The first-order valence-corrected chi connectivity index (χ1v) is 7.78. The van der Waals surface area contributed by atoms with E-state index in [0.717, 1.165) is 0 Å². The molecule has 0 saturated carbocycles. The van der Waals surface area contributed by atoms with Gasteiger partial charge in [-0.05, 0) is 34.5 Å². The molecule has 0 spiro atoms. The number of alkyl halides is 7. The average Bonchev–Trinajstić information content (AvgIpc) is 2.44. The molecule has 2 rings (SSSR count). The highest BCUT2D eigenvalue weighted by Crippen LogP contribution is 2.56. The molecule has 0 bridgehead atoms. The Morgan fingerprint density at radius 3 is 1.96 bits per heavy atom. The zero-order chi connectivity index (χ0) is 19.2. The second kappa shape index (κ2) is 6.46. The third-order valence-electron chi connectivity index (χ3n) is 3.45. The van der Waals surface area contributed by atoms with Gasteiger partial charge >= 0.3 is 18.0 Å². The van der Waals surface area contributed by atoms with Crippen molar-refractivity contribution < 1.29 is 30.7 Å². The lowest BCUT2D eigenvalue weighted by atomic mass is 9.86. The SMILES string of the molecule is Cc1[c]c(Br)c(-c2ccccc2Cl)c(C(F)(C(F)(F)F)C(F)(F)F)c1. The maximum Gasteiger partial charge on any atom is 0.435 e. The lowest BCUT2D eigenvalue weighted by Crippen LogP contribution is -2.50. The van der Waals surface area contributed by atoms with Crippen LogP contribution in [0.2, 0.25) is 5.02 Å². The molecular weight excluding hydrogens is 441 g/mol. The monoisotopic (exact) mass is 447 g/mol. The molecule has 0 nitrogen and oxygen atoms in total. The fourth-order valence-electron chi connectivity index (χ4n) is 2.34. The van der Waals surface area contributed by atoms with Gasteiger partial charge < -0.3 is 0 Å². The fraction of sp³-hybridized carbons (Fsp3) is 0.250. The normalized spacial score (nSPS) is 13.2. The Morgan fingerprint density at radius 2 is 1.48 bits per heavy atom. The molecule has 0 fully saturated rings. The van der Waals surface area contributed by atoms with Crippen LogP contribution in [0.3, 0.4) is 0 Å². The molecule has 0 N–H and O–H groups in total. The number of hydrogen-bond donors (Lipinski definition) is 0. The Hall–Kier alpha value is -1.28. The Balaban J connectivity index is 2.97. The van der Waals surface area contributed by atoms with Crippen molar-refractivity contribution in [3.05, 3.63) is 57.0 Å². The summed E-state index contributed by atoms with van der Waals surface area (Å²) in [7, 11) is 0. The maximum atomic E-state index is 14.6. The minimum atomic E-state index is -6.23. The van der Waals surface area contributed by atoms with E-state index in [1.54, 1.807) is 0 Å². The van der Waals surface area contributed by atoms with Crippen molar-refractivity contribution in [2.45, 2.75) is 24.9 Å². The third-order valence-corrected chi connectivity index (χ3v) is 4.38. The topological polar surface area (TPSA) is 0 Å². The molecular formula is C16H8BrClF7. The van der Waals surface area contributed by atoms with Crippen molar-refractivity contribution in [1.29, 1.82) is 0 Å². The molecule has 2 aromatic carbocycles. The molecule has 0 aliphatic carbocycles. The van der Waals surface area contributed by atoms with Crippen LogP contribution < -0.4 is 0 Å². The fourth-order valence-corrected chi connectivity index (χ4v) is 3.31. The van der Waals surface area contributed by atoms with Gasteiger partial charge in [-0.25, -0.2) is 4.39 Å². The lowest BCUT2D eigenvalue weighted by molar-refractivity contribution is -0.348. The van der Waals surface area contributed by atoms with Crippen LogP contribution in [0.15, 0.2) is 34.8 Å². The van der Waals surface area contributed by atoms with Crippen LogP contribution in [0.25, 0.3) is 11.1 Å². The highest BCUT2D eigenvalue weighted by atomic mass is 79.9. The van der Waals surface area contributed by atoms with Crippen molar-refractivity contribution in [2.75, 3.05) is 0 Å². The van der Waals surface area contributed by atoms with Crippen LogP contribution >= 0.6 is 27.5 Å². The van der Waals surface area contributed by atoms with Crippen LogP contribution in [-0.2, 0) is 5.67 Å². The van der Waals surface area contributed by atoms with Gasteiger partial charge in [0, 0.05) is 32.3 Å². The van der Waals surface area contributed by atoms with Gasteiger partial charge in [-0.1, -0.05) is 35.9 Å². The van der Waals surface area contributed by atoms with Gasteiger partial charge in [0.2, 0.25) is 0 Å². The molecule has 0 atom stereocenters. The molecule has 1 radical (unpaired) electrons. The van der Waals surface area contributed by atoms with Crippen LogP contribution in [-0.4, -0.2) is 12.4 Å². The molecule has 0 unspecified atom stereocenters. The molecule has 0 aliphatic rings. The summed E-state index contributed by atoms with van der Waals surface area (Å²) in [4.78, 5) is 0. The van der Waals surface area contributed by atoms with Crippen LogP contribution in [0.1, 0.15) is 11.1 Å². The molecule has 0 aliphatic heterocycles. The first-order valence-electron chi connectivity index (χ1n) is 6.61. The van der Waals surface area contributed by atoms with Crippen LogP contribution in [0, 0.1) is 13.0 Å². The van der Waals surface area contributed by atoms with Gasteiger partial charge in [0.05, 0.1) is 0 Å². The second-order valence-electron chi connectivity index (χ2n) is 5.19. The third kappa shape index (κ3) is 3.38. The van der Waals surface area contributed by atoms with Crippen molar-refractivity contribution in [1.82, 2.24) is 0 Å². The minimum Gasteiger partial charge on any atom is -0.218 e. The Labute approximate surface area is 151 Å². The van der Waals surface area contributed by atoms with Crippen molar-refractivity contribution in [3.63, 3.8) is 0 Å². The largest absolute Gasteiger partial charge is 0.435 e. The minimum absolute atomic E-state index is 0.104. The summed E-state index contributed by atoms with van der Waals surface area (Å²) in [6, 6.07) is 8.28. The van der Waals surface area contributed by atoms with Crippen molar-refractivity contribution in [2.24, 2.45) is 0 Å². The van der Waals surface area contributed by atoms with Crippen LogP contribution in [0.4, 0.5) is 30.7 Å². The summed E-state index contributed by atoms with van der Waals surface area (Å²) < 4.78 is 93.5. The molecule has 2 aromatic rings. The Bertz CT molecular complexity index is 782. The van der Waals surface area contributed by atoms with E-state index >= 15 is 0 Å². The number of halogens is 9. The molecule has 0 amide bonds. The van der Waals surface area contributed by atoms with E-state index in [9.17, 15) is 30.7 Å². The van der Waals surface area contributed by atoms with E-state index < -0.39 is 29.1 Å². The standard InChI is InChI=1S/C16H8BrClF7/c1-8-6-10(14(19,15(20,21)22)16(23,24)25)13(11(17)7-8)9-4-2-3-5-12(9)18/h2-6H,1H3. The summed E-state index contributed by atoms with van der Waals surface area (Å²) in [5.74, 6) is 0. The van der Waals surface area contributed by atoms with Crippen LogP contribution in [0.5, 0.6) is 0 Å². The first kappa shape index (κ1) is 20.0. The quantitative estimate of drug-likeness (QED) is 0.427. The van der Waals surface area contributed by atoms with Gasteiger partial charge in [0.1, 0.15) is 0 Å². The highest BCUT2D eigenvalue weighted by Gasteiger charge is 2.74. The summed E-state index contributed by atoms with van der Waals surface area (Å²) in [5.41, 5.74) is -8.11. The highest BCUT2D eigenvalue weighted by molar-refractivity contribution is 9.10. The van der Waals surface area contributed by atoms with Gasteiger partial charge in [-0.2, -0.15) is 26.3 Å². The van der Waals surface area contributed by atoms with E-state index in [1.807, 2.05) is 0 Å². The van der Waals surface area contributed by atoms with Gasteiger partial charge in [0.25, 0.3) is 0 Å². The summed E-state index contributed by atoms with van der Waals surface area (Å²) in [5, 5.41) is -0.131. The number of rotatable bonds is 2. The first-order chi connectivity index (χ1) is 11.3. The maximum absolute atomic E-state index is 14.6. The molecule has 135 valence electrons. The average molecular weight is 449 g/mol. The molecule has 25 heavy (non-hydrogen) atoms. The van der Waals surface area contributed by atoms with Gasteiger partial charge in [-0.15, -0.1) is 0 Å². The molecule has 0 aromatic heterocycles. The van der Waals surface area contributed by atoms with E-state index in [0.29, 0.717) is 6.07 Å². The number of benzene rings is 2. The number of hydrogen-bond acceptors (Lipinski definition) is 0. The predicted octanol–water partition coefficient (Wildman–Crippen LogP) is 7.17. The van der Waals surface area contributed by atoms with E-state index in [1.165, 1.54) is 31.2 Å². The van der Waals surface area contributed by atoms with Crippen molar-refractivity contribution in [3.8, 4) is 11.1 Å². The second-order valence-corrected chi connectivity index (χ2v) is 6.39. The van der Waals surface area contributed by atoms with Crippen molar-refractivity contribution >= 4 is 27.5 Å². The molecule has 0 saturated heterocycles. The van der Waals surface area contributed by atoms with E-state index in [-0.39, 0.29) is 20.6 Å². The van der Waals surface area contributed by atoms with E-state index in [4.69, 9.17) is 11.6 Å². The summed E-state index contributed by atoms with van der Waals surface area (Å²) >= 11 is 8.78. The zero-order valence-corrected chi connectivity index (χ0v) is 14.6. The zero-order valence-electron chi connectivity index (χ0n) is 12.3. The summed E-state index contributed by atoms with van der Waals surface area (Å²) in [6.07, 6.45) is -12.5. The van der Waals surface area contributed by atoms with Gasteiger partial charge in [0.15, 0.2) is 0 Å².